The lowest BCUT2D eigenvalue weighted by molar-refractivity contribution is 0.414. The van der Waals surface area contributed by atoms with Crippen molar-refractivity contribution in [2.75, 3.05) is 7.11 Å². The Hall–Kier alpha value is -2.34. The fourth-order valence-corrected chi connectivity index (χ4v) is 1.22. The summed E-state index contributed by atoms with van der Waals surface area (Å²) < 4.78 is 5.08. The Balaban J connectivity index is 0. The molecule has 0 fully saturated rings. The molecule has 0 aliphatic carbocycles. The highest BCUT2D eigenvalue weighted by atomic mass is 16.5. The molecule has 0 bridgehead atoms. The highest BCUT2D eigenvalue weighted by Gasteiger charge is 2.12. The molecular formula is C18H22O2. The molecule has 0 amide bonds. The maximum atomic E-state index is 5.08. The normalized spacial score (nSPS) is 8.00. The topological polar surface area (TPSA) is 40.7 Å². The highest BCUT2D eigenvalue weighted by molar-refractivity contribution is 5.33. The van der Waals surface area contributed by atoms with Crippen molar-refractivity contribution in [3.05, 3.63) is 29.8 Å². The van der Waals surface area contributed by atoms with Gasteiger partial charge < -0.3 is 10.2 Å². The van der Waals surface area contributed by atoms with E-state index < -0.39 is 0 Å². The molecule has 0 aliphatic heterocycles. The minimum atomic E-state index is 0. The van der Waals surface area contributed by atoms with Crippen LogP contribution in [0.4, 0.5) is 0 Å². The number of hydrogen-bond donors (Lipinski definition) is 0. The Labute approximate surface area is 122 Å². The van der Waals surface area contributed by atoms with Crippen molar-refractivity contribution in [3.63, 3.8) is 0 Å². The zero-order chi connectivity index (χ0) is 14.7. The third-order valence-electron chi connectivity index (χ3n) is 2.28. The smallest absolute Gasteiger partial charge is 0.118 e. The average molecular weight is 270 g/mol. The summed E-state index contributed by atoms with van der Waals surface area (Å²) in [6, 6.07) is 8.22. The highest BCUT2D eigenvalue weighted by Crippen LogP contribution is 2.23. The van der Waals surface area contributed by atoms with Crippen LogP contribution in [0.1, 0.15) is 33.3 Å². The molecule has 0 radical (unpaired) electrons. The summed E-state index contributed by atoms with van der Waals surface area (Å²) in [4.78, 5) is 0. The van der Waals surface area contributed by atoms with E-state index in [0.29, 0.717) is 0 Å². The molecule has 20 heavy (non-hydrogen) atoms. The van der Waals surface area contributed by atoms with Crippen LogP contribution in [0.3, 0.4) is 0 Å². The number of hydrogen-bond acceptors (Lipinski definition) is 1. The van der Waals surface area contributed by atoms with Gasteiger partial charge in [0.05, 0.1) is 7.11 Å². The van der Waals surface area contributed by atoms with Gasteiger partial charge in [-0.15, -0.1) is 6.42 Å². The van der Waals surface area contributed by atoms with E-state index in [4.69, 9.17) is 11.2 Å². The van der Waals surface area contributed by atoms with E-state index in [-0.39, 0.29) is 10.9 Å². The molecule has 0 unspecified atom stereocenters. The summed E-state index contributed by atoms with van der Waals surface area (Å²) >= 11 is 0. The molecule has 2 nitrogen and oxygen atoms in total. The monoisotopic (exact) mass is 270 g/mol. The Morgan fingerprint density at radius 3 is 1.90 bits per heavy atom. The van der Waals surface area contributed by atoms with Crippen LogP contribution in [-0.2, 0) is 5.41 Å². The van der Waals surface area contributed by atoms with Gasteiger partial charge in [-0.1, -0.05) is 38.8 Å². The van der Waals surface area contributed by atoms with Crippen LogP contribution in [0.15, 0.2) is 24.3 Å². The molecule has 106 valence electrons. The van der Waals surface area contributed by atoms with E-state index in [1.165, 1.54) is 5.56 Å². The second kappa shape index (κ2) is 10.6. The molecule has 0 aliphatic rings. The summed E-state index contributed by atoms with van der Waals surface area (Å²) in [5.74, 6) is 12.9. The third-order valence-corrected chi connectivity index (χ3v) is 2.28. The Kier molecular flexibility index (Phi) is 10.6. The second-order valence-corrected chi connectivity index (χ2v) is 4.75. The van der Waals surface area contributed by atoms with E-state index in [9.17, 15) is 0 Å². The van der Waals surface area contributed by atoms with Gasteiger partial charge in [-0.05, 0) is 53.7 Å². The van der Waals surface area contributed by atoms with E-state index in [0.717, 1.165) is 5.75 Å². The standard InChI is InChI=1S/C11H16O.C7H4.H2O/c1-11(2,3)9-5-7-10(12-4)8-6-9;1-3-5-7-6-4-2;/h5-8H,1-4H3;1H,2H3;1H2. The van der Waals surface area contributed by atoms with Crippen LogP contribution in [0.2, 0.25) is 0 Å². The molecule has 0 heterocycles. The van der Waals surface area contributed by atoms with Crippen LogP contribution >= 0.6 is 0 Å². The molecular weight excluding hydrogens is 248 g/mol. The molecule has 1 aromatic carbocycles. The summed E-state index contributed by atoms with van der Waals surface area (Å²) in [5.41, 5.74) is 1.56. The van der Waals surface area contributed by atoms with Crippen molar-refractivity contribution in [2.24, 2.45) is 0 Å². The van der Waals surface area contributed by atoms with Crippen LogP contribution in [0.5, 0.6) is 5.75 Å². The van der Waals surface area contributed by atoms with Crippen molar-refractivity contribution in [2.45, 2.75) is 33.1 Å². The predicted molar refractivity (Wildman–Crippen MR) is 85.4 cm³/mol. The van der Waals surface area contributed by atoms with Gasteiger partial charge in [0.1, 0.15) is 5.75 Å². The number of ether oxygens (including phenoxy) is 1. The Bertz CT molecular complexity index is 532. The van der Waals surface area contributed by atoms with E-state index in [1.807, 2.05) is 12.1 Å². The first kappa shape index (κ1) is 20.0. The fraction of sp³-hybridized carbons (Fsp3) is 0.333. The zero-order valence-corrected chi connectivity index (χ0v) is 12.8. The third kappa shape index (κ3) is 8.71. The van der Waals surface area contributed by atoms with Crippen LogP contribution in [-0.4, -0.2) is 12.6 Å². The second-order valence-electron chi connectivity index (χ2n) is 4.75. The van der Waals surface area contributed by atoms with Crippen molar-refractivity contribution < 1.29 is 10.2 Å². The lowest BCUT2D eigenvalue weighted by Crippen LogP contribution is -2.10. The number of methoxy groups -OCH3 is 1. The van der Waals surface area contributed by atoms with Gasteiger partial charge in [-0.25, -0.2) is 0 Å². The summed E-state index contributed by atoms with van der Waals surface area (Å²) in [5, 5.41) is 0. The number of benzene rings is 1. The molecule has 0 aromatic heterocycles. The van der Waals surface area contributed by atoms with Crippen molar-refractivity contribution in [1.82, 2.24) is 0 Å². The van der Waals surface area contributed by atoms with Gasteiger partial charge in [0.15, 0.2) is 0 Å². The maximum Gasteiger partial charge on any atom is 0.118 e. The minimum absolute atomic E-state index is 0. The minimum Gasteiger partial charge on any atom is -0.497 e. The van der Waals surface area contributed by atoms with Gasteiger partial charge in [0, 0.05) is 0 Å². The van der Waals surface area contributed by atoms with E-state index >= 15 is 0 Å². The molecule has 2 heteroatoms. The van der Waals surface area contributed by atoms with Gasteiger partial charge in [-0.3, -0.25) is 0 Å². The fourth-order valence-electron chi connectivity index (χ4n) is 1.22. The summed E-state index contributed by atoms with van der Waals surface area (Å²) in [7, 11) is 1.69. The number of rotatable bonds is 1. The lowest BCUT2D eigenvalue weighted by Gasteiger charge is -2.18. The molecule has 1 aromatic rings. The first-order valence-corrected chi connectivity index (χ1v) is 5.97. The first-order chi connectivity index (χ1) is 8.95. The van der Waals surface area contributed by atoms with Crippen molar-refractivity contribution in [1.29, 1.82) is 0 Å². The number of terminal acetylenes is 1. The summed E-state index contributed by atoms with van der Waals surface area (Å²) in [6.07, 6.45) is 4.78. The quantitative estimate of drug-likeness (QED) is 0.723. The van der Waals surface area contributed by atoms with Gasteiger partial charge in [0.2, 0.25) is 0 Å². The Morgan fingerprint density at radius 2 is 1.55 bits per heavy atom. The zero-order valence-electron chi connectivity index (χ0n) is 12.8. The molecule has 2 N–H and O–H groups in total. The van der Waals surface area contributed by atoms with Crippen LogP contribution < -0.4 is 4.74 Å². The van der Waals surface area contributed by atoms with Crippen molar-refractivity contribution in [3.8, 4) is 41.8 Å². The predicted octanol–water partition coefficient (Wildman–Crippen LogP) is 2.81. The molecule has 1 rings (SSSR count). The van der Waals surface area contributed by atoms with Crippen LogP contribution in [0, 0.1) is 36.0 Å². The van der Waals surface area contributed by atoms with E-state index in [1.54, 1.807) is 14.0 Å². The van der Waals surface area contributed by atoms with Gasteiger partial charge in [-0.2, -0.15) is 0 Å². The molecule has 0 saturated heterocycles. The average Bonchev–Trinajstić information content (AvgIpc) is 2.39. The SMILES string of the molecule is C#CC#CC#CC.COc1ccc(C(C)(C)C)cc1.O. The van der Waals surface area contributed by atoms with Gasteiger partial charge in [0.25, 0.3) is 0 Å². The first-order valence-electron chi connectivity index (χ1n) is 5.97. The largest absolute Gasteiger partial charge is 0.497 e. The van der Waals surface area contributed by atoms with E-state index in [2.05, 4.69) is 62.5 Å². The Morgan fingerprint density at radius 1 is 1.00 bits per heavy atom. The molecule has 0 atom stereocenters. The maximum absolute atomic E-state index is 5.08. The lowest BCUT2D eigenvalue weighted by atomic mass is 9.87. The van der Waals surface area contributed by atoms with Crippen molar-refractivity contribution >= 4 is 0 Å². The summed E-state index contributed by atoms with van der Waals surface area (Å²) in [6.45, 7) is 8.32. The molecule has 0 spiro atoms. The van der Waals surface area contributed by atoms with Gasteiger partial charge >= 0.3 is 0 Å². The molecule has 0 saturated carbocycles. The van der Waals surface area contributed by atoms with Crippen LogP contribution in [0.25, 0.3) is 0 Å².